The summed E-state index contributed by atoms with van der Waals surface area (Å²) >= 11 is 1.76. The molecule has 0 saturated carbocycles. The van der Waals surface area contributed by atoms with Gasteiger partial charge in [0.25, 0.3) is 0 Å². The molecule has 0 aromatic heterocycles. The summed E-state index contributed by atoms with van der Waals surface area (Å²) in [7, 11) is 0. The lowest BCUT2D eigenvalue weighted by Gasteiger charge is -2.15. The van der Waals surface area contributed by atoms with E-state index in [0.717, 1.165) is 11.3 Å². The van der Waals surface area contributed by atoms with E-state index in [9.17, 15) is 4.79 Å². The van der Waals surface area contributed by atoms with E-state index < -0.39 is 0 Å². The number of benzene rings is 2. The van der Waals surface area contributed by atoms with E-state index in [1.54, 1.807) is 11.8 Å². The van der Waals surface area contributed by atoms with Crippen molar-refractivity contribution in [1.29, 1.82) is 0 Å². The maximum absolute atomic E-state index is 12.1. The van der Waals surface area contributed by atoms with Crippen molar-refractivity contribution in [3.8, 4) is 0 Å². The first-order valence-corrected chi connectivity index (χ1v) is 10.4. The number of oxime groups is 1. The Hall–Kier alpha value is -2.47. The topological polar surface area (TPSA) is 57.1 Å². The van der Waals surface area contributed by atoms with Gasteiger partial charge in [0.2, 0.25) is 5.90 Å². The zero-order chi connectivity index (χ0) is 19.6. The fourth-order valence-corrected chi connectivity index (χ4v) is 4.08. The predicted octanol–water partition coefficient (Wildman–Crippen LogP) is 4.52. The van der Waals surface area contributed by atoms with Gasteiger partial charge in [0, 0.05) is 16.6 Å². The third kappa shape index (κ3) is 6.02. The molecular formula is C22H25NO4S. The van der Waals surface area contributed by atoms with Gasteiger partial charge in [-0.3, -0.25) is 4.79 Å². The highest BCUT2D eigenvalue weighted by Gasteiger charge is 2.37. The summed E-state index contributed by atoms with van der Waals surface area (Å²) in [6.45, 7) is 3.07. The van der Waals surface area contributed by atoms with Crippen LogP contribution in [0.3, 0.4) is 0 Å². The van der Waals surface area contributed by atoms with Crippen molar-refractivity contribution in [2.24, 2.45) is 17.0 Å². The summed E-state index contributed by atoms with van der Waals surface area (Å²) < 4.78 is 10.9. The molecule has 1 fully saturated rings. The molecule has 28 heavy (non-hydrogen) atoms. The van der Waals surface area contributed by atoms with Gasteiger partial charge in [-0.15, -0.1) is 11.8 Å². The lowest BCUT2D eigenvalue weighted by atomic mass is 9.94. The molecule has 1 aliphatic heterocycles. The maximum Gasteiger partial charge on any atom is 0.306 e. The van der Waals surface area contributed by atoms with Crippen molar-refractivity contribution >= 4 is 23.6 Å². The Morgan fingerprint density at radius 2 is 1.86 bits per heavy atom. The molecular weight excluding hydrogens is 374 g/mol. The van der Waals surface area contributed by atoms with Gasteiger partial charge < -0.3 is 14.3 Å². The minimum Gasteiger partial charge on any atom is -0.478 e. The Balaban J connectivity index is 1.62. The van der Waals surface area contributed by atoms with E-state index in [1.165, 1.54) is 4.90 Å². The maximum atomic E-state index is 12.1. The van der Waals surface area contributed by atoms with Gasteiger partial charge in [0.05, 0.1) is 25.6 Å². The molecule has 0 aliphatic carbocycles. The molecule has 0 spiro atoms. The van der Waals surface area contributed by atoms with Gasteiger partial charge in [-0.1, -0.05) is 53.7 Å². The van der Waals surface area contributed by atoms with Crippen LogP contribution in [0.5, 0.6) is 0 Å². The number of ether oxygens (including phenoxy) is 2. The summed E-state index contributed by atoms with van der Waals surface area (Å²) in [6.07, 6.45) is 0.251. The normalized spacial score (nSPS) is 20.0. The summed E-state index contributed by atoms with van der Waals surface area (Å²) in [5, 5.41) is 4.20. The minimum atomic E-state index is -0.233. The second kappa shape index (κ2) is 10.8. The molecule has 0 N–H and O–H groups in total. The van der Waals surface area contributed by atoms with Crippen molar-refractivity contribution in [3.05, 3.63) is 66.2 Å². The second-order valence-electron chi connectivity index (χ2n) is 6.50. The molecule has 2 aromatic rings. The van der Waals surface area contributed by atoms with E-state index in [0.29, 0.717) is 25.7 Å². The van der Waals surface area contributed by atoms with Crippen LogP contribution in [0.1, 0.15) is 18.9 Å². The van der Waals surface area contributed by atoms with Gasteiger partial charge in [-0.2, -0.15) is 0 Å². The van der Waals surface area contributed by atoms with E-state index >= 15 is 0 Å². The summed E-state index contributed by atoms with van der Waals surface area (Å²) in [4.78, 5) is 18.8. The lowest BCUT2D eigenvalue weighted by Crippen LogP contribution is -2.23. The number of hydrogen-bond donors (Lipinski definition) is 0. The fourth-order valence-electron chi connectivity index (χ4n) is 2.99. The molecule has 0 bridgehead atoms. The molecule has 0 radical (unpaired) electrons. The van der Waals surface area contributed by atoms with Gasteiger partial charge in [-0.25, -0.2) is 0 Å². The standard InChI is InChI=1S/C22H25NO4S/c1-2-25-21(24)13-20-18(16-28-19-11-7-4-8-12-19)15-26-22(20)23-27-14-17-9-5-3-6-10-17/h3-12,18,20H,2,13-16H2,1H3/b23-22-/t18-,20+/m1/s1. The largest absolute Gasteiger partial charge is 0.478 e. The molecule has 148 valence electrons. The summed E-state index contributed by atoms with van der Waals surface area (Å²) in [5.41, 5.74) is 1.03. The number of carbonyl (C=O) groups is 1. The molecule has 5 nitrogen and oxygen atoms in total. The molecule has 3 rings (SSSR count). The van der Waals surface area contributed by atoms with Crippen LogP contribution in [0.4, 0.5) is 0 Å². The van der Waals surface area contributed by atoms with Gasteiger partial charge in [0.1, 0.15) is 6.61 Å². The molecule has 1 aliphatic rings. The van der Waals surface area contributed by atoms with Crippen LogP contribution >= 0.6 is 11.8 Å². The van der Waals surface area contributed by atoms with E-state index in [4.69, 9.17) is 14.3 Å². The van der Waals surface area contributed by atoms with Crippen LogP contribution in [0.2, 0.25) is 0 Å². The Kier molecular flexibility index (Phi) is 7.79. The number of hydrogen-bond acceptors (Lipinski definition) is 6. The fraction of sp³-hybridized carbons (Fsp3) is 0.364. The quantitative estimate of drug-likeness (QED) is 0.352. The molecule has 6 heteroatoms. The number of carbonyl (C=O) groups excluding carboxylic acids is 1. The summed E-state index contributed by atoms with van der Waals surface area (Å²) in [6, 6.07) is 20.0. The van der Waals surface area contributed by atoms with Crippen molar-refractivity contribution in [2.75, 3.05) is 19.0 Å². The zero-order valence-corrected chi connectivity index (χ0v) is 16.8. The van der Waals surface area contributed by atoms with E-state index in [-0.39, 0.29) is 24.2 Å². The first-order valence-electron chi connectivity index (χ1n) is 9.46. The van der Waals surface area contributed by atoms with Crippen LogP contribution in [-0.2, 0) is 25.7 Å². The van der Waals surface area contributed by atoms with Crippen LogP contribution in [0.25, 0.3) is 0 Å². The van der Waals surface area contributed by atoms with Crippen LogP contribution in [-0.4, -0.2) is 30.8 Å². The van der Waals surface area contributed by atoms with Crippen molar-refractivity contribution in [1.82, 2.24) is 0 Å². The number of nitrogens with zero attached hydrogens (tertiary/aromatic N) is 1. The summed E-state index contributed by atoms with van der Waals surface area (Å²) in [5.74, 6) is 1.14. The first-order chi connectivity index (χ1) is 13.8. The molecule has 0 unspecified atom stereocenters. The lowest BCUT2D eigenvalue weighted by molar-refractivity contribution is -0.143. The molecule has 1 saturated heterocycles. The number of esters is 1. The van der Waals surface area contributed by atoms with Crippen molar-refractivity contribution < 1.29 is 19.1 Å². The Labute approximate surface area is 170 Å². The predicted molar refractivity (Wildman–Crippen MR) is 110 cm³/mol. The number of rotatable bonds is 9. The smallest absolute Gasteiger partial charge is 0.306 e. The average molecular weight is 400 g/mol. The van der Waals surface area contributed by atoms with Crippen molar-refractivity contribution in [2.45, 2.75) is 24.8 Å². The molecule has 1 heterocycles. The number of thioether (sulfide) groups is 1. The van der Waals surface area contributed by atoms with Crippen LogP contribution in [0.15, 0.2) is 70.7 Å². The third-order valence-electron chi connectivity index (χ3n) is 4.46. The van der Waals surface area contributed by atoms with Gasteiger partial charge in [0.15, 0.2) is 0 Å². The SMILES string of the molecule is CCOC(=O)C[C@@H]1/C(=N/OCc2ccccc2)OC[C@@H]1CSc1ccccc1. The minimum absolute atomic E-state index is 0.133. The second-order valence-corrected chi connectivity index (χ2v) is 7.59. The molecule has 2 aromatic carbocycles. The first kappa shape index (κ1) is 20.3. The van der Waals surface area contributed by atoms with Gasteiger partial charge in [-0.05, 0) is 24.6 Å². The molecule has 2 atom stereocenters. The van der Waals surface area contributed by atoms with Crippen LogP contribution < -0.4 is 0 Å². The Bertz CT molecular complexity index is 767. The monoisotopic (exact) mass is 399 g/mol. The van der Waals surface area contributed by atoms with Crippen LogP contribution in [0, 0.1) is 11.8 Å². The van der Waals surface area contributed by atoms with E-state index in [2.05, 4.69) is 17.3 Å². The Morgan fingerprint density at radius 1 is 1.14 bits per heavy atom. The van der Waals surface area contributed by atoms with Gasteiger partial charge >= 0.3 is 5.97 Å². The third-order valence-corrected chi connectivity index (χ3v) is 5.66. The zero-order valence-electron chi connectivity index (χ0n) is 16.0. The highest BCUT2D eigenvalue weighted by Crippen LogP contribution is 2.32. The average Bonchev–Trinajstić information content (AvgIpc) is 3.09. The Morgan fingerprint density at radius 3 is 2.57 bits per heavy atom. The van der Waals surface area contributed by atoms with Crippen molar-refractivity contribution in [3.63, 3.8) is 0 Å². The van der Waals surface area contributed by atoms with E-state index in [1.807, 2.05) is 55.5 Å². The molecule has 0 amide bonds. The highest BCUT2D eigenvalue weighted by molar-refractivity contribution is 7.99. The highest BCUT2D eigenvalue weighted by atomic mass is 32.2.